The van der Waals surface area contributed by atoms with Crippen LogP contribution in [0.2, 0.25) is 0 Å². The van der Waals surface area contributed by atoms with E-state index in [4.69, 9.17) is 0 Å². The van der Waals surface area contributed by atoms with E-state index in [0.29, 0.717) is 0 Å². The molecule has 1 aromatic carbocycles. The molecule has 0 spiro atoms. The summed E-state index contributed by atoms with van der Waals surface area (Å²) in [6.45, 7) is 6.36. The molecule has 3 unspecified atom stereocenters. The summed E-state index contributed by atoms with van der Waals surface area (Å²) in [5.41, 5.74) is 1.14. The molecule has 3 atom stereocenters. The number of hydrogen-bond acceptors (Lipinski definition) is 2. The van der Waals surface area contributed by atoms with Crippen LogP contribution in [0, 0.1) is 11.8 Å². The van der Waals surface area contributed by atoms with Gasteiger partial charge in [-0.3, -0.25) is 4.79 Å². The van der Waals surface area contributed by atoms with Crippen molar-refractivity contribution < 1.29 is 9.90 Å². The first-order valence-electron chi connectivity index (χ1n) is 9.99. The summed E-state index contributed by atoms with van der Waals surface area (Å²) < 4.78 is 0. The lowest BCUT2D eigenvalue weighted by Crippen LogP contribution is -2.17. The Morgan fingerprint density at radius 2 is 1.64 bits per heavy atom. The Hall–Kier alpha value is -0.960. The summed E-state index contributed by atoms with van der Waals surface area (Å²) in [6.07, 6.45) is 10.4. The molecule has 2 nitrogen and oxygen atoms in total. The van der Waals surface area contributed by atoms with Crippen molar-refractivity contribution in [3.8, 4) is 0 Å². The monoisotopic (exact) mass is 364 g/mol. The molecule has 0 radical (unpaired) electrons. The zero-order valence-corrected chi connectivity index (χ0v) is 17.1. The third-order valence-corrected chi connectivity index (χ3v) is 6.49. The highest BCUT2D eigenvalue weighted by atomic mass is 32.2. The smallest absolute Gasteiger partial charge is 0.307 e. The number of rotatable bonds is 14. The van der Waals surface area contributed by atoms with E-state index < -0.39 is 5.97 Å². The molecule has 0 aliphatic heterocycles. The van der Waals surface area contributed by atoms with E-state index >= 15 is 0 Å². The molecule has 0 heterocycles. The maximum atomic E-state index is 11.5. The second kappa shape index (κ2) is 13.3. The molecule has 0 aliphatic rings. The van der Waals surface area contributed by atoms with Crippen LogP contribution in [0.3, 0.4) is 0 Å². The van der Waals surface area contributed by atoms with Crippen LogP contribution in [-0.2, 0) is 4.79 Å². The molecule has 0 saturated heterocycles. The lowest BCUT2D eigenvalue weighted by molar-refractivity contribution is -0.141. The van der Waals surface area contributed by atoms with Gasteiger partial charge < -0.3 is 5.11 Å². The molecule has 0 saturated carbocycles. The van der Waals surface area contributed by atoms with Crippen molar-refractivity contribution in [2.24, 2.45) is 11.8 Å². The molecule has 142 valence electrons. The van der Waals surface area contributed by atoms with Gasteiger partial charge in [-0.15, -0.1) is 0 Å². The Morgan fingerprint density at radius 1 is 1.00 bits per heavy atom. The van der Waals surface area contributed by atoms with E-state index in [2.05, 4.69) is 26.0 Å². The van der Waals surface area contributed by atoms with Gasteiger partial charge in [0.05, 0.1) is 5.92 Å². The predicted molar refractivity (Wildman–Crippen MR) is 110 cm³/mol. The van der Waals surface area contributed by atoms with Gasteiger partial charge in [0.2, 0.25) is 0 Å². The number of thioether (sulfide) groups is 1. The van der Waals surface area contributed by atoms with Crippen LogP contribution in [0.4, 0.5) is 0 Å². The van der Waals surface area contributed by atoms with Crippen LogP contribution in [0.25, 0.3) is 0 Å². The first-order valence-corrected chi connectivity index (χ1v) is 11.0. The molecular weight excluding hydrogens is 328 g/mol. The lowest BCUT2D eigenvalue weighted by Gasteiger charge is -2.23. The standard InChI is InChI=1S/C22H36O2S/c1-4-6-9-13-19(12-7-5-2)16-17-25-21(18(3)22(23)24)20-14-10-8-11-15-20/h8,10-11,14-15,18-19,21H,4-7,9,12-13,16-17H2,1-3H3,(H,23,24). The molecule has 0 aliphatic carbocycles. The van der Waals surface area contributed by atoms with E-state index in [0.717, 1.165) is 17.2 Å². The zero-order chi connectivity index (χ0) is 18.5. The largest absolute Gasteiger partial charge is 0.481 e. The summed E-state index contributed by atoms with van der Waals surface area (Å²) in [5.74, 6) is 0.793. The second-order valence-electron chi connectivity index (χ2n) is 7.12. The number of unbranched alkanes of at least 4 members (excludes halogenated alkanes) is 3. The summed E-state index contributed by atoms with van der Waals surface area (Å²) >= 11 is 1.83. The van der Waals surface area contributed by atoms with Crippen LogP contribution in [0.15, 0.2) is 30.3 Å². The van der Waals surface area contributed by atoms with Crippen LogP contribution < -0.4 is 0 Å². The van der Waals surface area contributed by atoms with Gasteiger partial charge in [-0.2, -0.15) is 11.8 Å². The molecule has 1 aromatic rings. The highest BCUT2D eigenvalue weighted by Gasteiger charge is 2.25. The minimum Gasteiger partial charge on any atom is -0.481 e. The number of carboxylic acid groups (broad SMARTS) is 1. The molecular formula is C22H36O2S. The van der Waals surface area contributed by atoms with Crippen molar-refractivity contribution in [3.63, 3.8) is 0 Å². The van der Waals surface area contributed by atoms with Crippen molar-refractivity contribution in [1.82, 2.24) is 0 Å². The van der Waals surface area contributed by atoms with Crippen molar-refractivity contribution in [2.75, 3.05) is 5.75 Å². The first-order chi connectivity index (χ1) is 12.1. The van der Waals surface area contributed by atoms with Crippen LogP contribution in [0.1, 0.15) is 83.0 Å². The van der Waals surface area contributed by atoms with Crippen molar-refractivity contribution in [2.45, 2.75) is 77.4 Å². The highest BCUT2D eigenvalue weighted by Crippen LogP contribution is 2.37. The Morgan fingerprint density at radius 3 is 2.24 bits per heavy atom. The maximum Gasteiger partial charge on any atom is 0.307 e. The van der Waals surface area contributed by atoms with Gasteiger partial charge in [0.25, 0.3) is 0 Å². The van der Waals surface area contributed by atoms with E-state index in [9.17, 15) is 9.90 Å². The summed E-state index contributed by atoms with van der Waals surface area (Å²) in [7, 11) is 0. The number of benzene rings is 1. The second-order valence-corrected chi connectivity index (χ2v) is 8.37. The van der Waals surface area contributed by atoms with Crippen molar-refractivity contribution >= 4 is 17.7 Å². The van der Waals surface area contributed by atoms with Gasteiger partial charge in [0, 0.05) is 5.25 Å². The number of carbonyl (C=O) groups is 1. The topological polar surface area (TPSA) is 37.3 Å². The van der Waals surface area contributed by atoms with Gasteiger partial charge >= 0.3 is 5.97 Å². The zero-order valence-electron chi connectivity index (χ0n) is 16.2. The van der Waals surface area contributed by atoms with Gasteiger partial charge in [0.1, 0.15) is 0 Å². The Bertz CT molecular complexity index is 460. The fourth-order valence-corrected chi connectivity index (χ4v) is 4.75. The minimum atomic E-state index is -0.702. The SMILES string of the molecule is CCCCCC(CCCC)CCSC(c1ccccc1)C(C)C(=O)O. The number of hydrogen-bond donors (Lipinski definition) is 1. The molecule has 0 fully saturated rings. The summed E-state index contributed by atoms with van der Waals surface area (Å²) in [4.78, 5) is 11.5. The first kappa shape index (κ1) is 22.1. The van der Waals surface area contributed by atoms with Gasteiger partial charge in [0.15, 0.2) is 0 Å². The fourth-order valence-electron chi connectivity index (χ4n) is 3.27. The minimum absolute atomic E-state index is 0.0427. The molecule has 25 heavy (non-hydrogen) atoms. The summed E-state index contributed by atoms with van der Waals surface area (Å²) in [6, 6.07) is 10.1. The van der Waals surface area contributed by atoms with E-state index in [1.807, 2.05) is 36.9 Å². The lowest BCUT2D eigenvalue weighted by atomic mass is 9.93. The Balaban J connectivity index is 2.59. The van der Waals surface area contributed by atoms with Crippen molar-refractivity contribution in [1.29, 1.82) is 0 Å². The average Bonchev–Trinajstić information content (AvgIpc) is 2.63. The Kier molecular flexibility index (Phi) is 11.7. The van der Waals surface area contributed by atoms with Gasteiger partial charge in [-0.05, 0) is 23.7 Å². The Labute approximate surface area is 158 Å². The van der Waals surface area contributed by atoms with Gasteiger partial charge in [-0.25, -0.2) is 0 Å². The average molecular weight is 365 g/mol. The molecule has 0 amide bonds. The summed E-state index contributed by atoms with van der Waals surface area (Å²) in [5, 5.41) is 9.51. The number of aliphatic carboxylic acids is 1. The molecule has 0 aromatic heterocycles. The number of carboxylic acids is 1. The third kappa shape index (κ3) is 8.80. The van der Waals surface area contributed by atoms with Crippen LogP contribution >= 0.6 is 11.8 Å². The molecule has 1 N–H and O–H groups in total. The molecule has 3 heteroatoms. The van der Waals surface area contributed by atoms with Crippen molar-refractivity contribution in [3.05, 3.63) is 35.9 Å². The molecule has 0 bridgehead atoms. The normalized spacial score (nSPS) is 14.8. The third-order valence-electron chi connectivity index (χ3n) is 4.98. The highest BCUT2D eigenvalue weighted by molar-refractivity contribution is 7.99. The van der Waals surface area contributed by atoms with E-state index in [1.165, 1.54) is 51.4 Å². The van der Waals surface area contributed by atoms with E-state index in [-0.39, 0.29) is 11.2 Å². The maximum absolute atomic E-state index is 11.5. The predicted octanol–water partition coefficient (Wildman–Crippen LogP) is 6.96. The fraction of sp³-hybridized carbons (Fsp3) is 0.682. The van der Waals surface area contributed by atoms with Crippen LogP contribution in [-0.4, -0.2) is 16.8 Å². The van der Waals surface area contributed by atoms with Crippen LogP contribution in [0.5, 0.6) is 0 Å². The van der Waals surface area contributed by atoms with E-state index in [1.54, 1.807) is 0 Å². The quantitative estimate of drug-likeness (QED) is 0.363. The molecule has 1 rings (SSSR count). The van der Waals surface area contributed by atoms with Gasteiger partial charge in [-0.1, -0.05) is 96.0 Å².